The lowest BCUT2D eigenvalue weighted by atomic mass is 10.2. The van der Waals surface area contributed by atoms with Crippen LogP contribution in [0.5, 0.6) is 11.5 Å². The molecule has 2 N–H and O–H groups in total. The fourth-order valence-electron chi connectivity index (χ4n) is 1.09. The summed E-state index contributed by atoms with van der Waals surface area (Å²) in [7, 11) is 1.45. The van der Waals surface area contributed by atoms with Crippen molar-refractivity contribution < 1.29 is 14.6 Å². The van der Waals surface area contributed by atoms with Gasteiger partial charge in [-0.25, -0.2) is 0 Å². The summed E-state index contributed by atoms with van der Waals surface area (Å²) in [6, 6.07) is 4.45. The molecule has 4 nitrogen and oxygen atoms in total. The Hall–Kier alpha value is -1.42. The van der Waals surface area contributed by atoms with Crippen LogP contribution in [0.25, 0.3) is 0 Å². The monoisotopic (exact) mass is 229 g/mol. The first-order valence-corrected chi connectivity index (χ1v) is 4.93. The van der Waals surface area contributed by atoms with Crippen molar-refractivity contribution in [3.63, 3.8) is 0 Å². The van der Waals surface area contributed by atoms with Crippen molar-refractivity contribution in [2.75, 3.05) is 19.5 Å². The molecule has 1 rings (SSSR count). The molecule has 82 valence electrons. The second-order valence-electron chi connectivity index (χ2n) is 2.83. The molecule has 0 aliphatic rings. The third-order valence-corrected chi connectivity index (χ3v) is 2.01. The fourth-order valence-corrected chi connectivity index (χ4v) is 1.19. The van der Waals surface area contributed by atoms with Gasteiger partial charge in [0.1, 0.15) is 0 Å². The molecule has 0 unspecified atom stereocenters. The molecular formula is C10H12ClNO3. The van der Waals surface area contributed by atoms with Crippen LogP contribution in [0, 0.1) is 0 Å². The van der Waals surface area contributed by atoms with Crippen LogP contribution >= 0.6 is 11.6 Å². The van der Waals surface area contributed by atoms with Crippen LogP contribution in [0.4, 0.5) is 0 Å². The molecule has 1 aromatic carbocycles. The second kappa shape index (κ2) is 5.46. The number of hydrogen-bond acceptors (Lipinski definition) is 3. The smallest absolute Gasteiger partial charge is 0.251 e. The van der Waals surface area contributed by atoms with Crippen molar-refractivity contribution in [3.8, 4) is 11.5 Å². The average molecular weight is 230 g/mol. The molecular weight excluding hydrogens is 218 g/mol. The lowest BCUT2D eigenvalue weighted by Gasteiger charge is -2.06. The minimum atomic E-state index is -0.270. The Morgan fingerprint density at radius 2 is 2.33 bits per heavy atom. The quantitative estimate of drug-likeness (QED) is 0.767. The van der Waals surface area contributed by atoms with Gasteiger partial charge in [-0.3, -0.25) is 4.79 Å². The predicted octanol–water partition coefficient (Wildman–Crippen LogP) is 1.37. The van der Waals surface area contributed by atoms with Gasteiger partial charge in [-0.2, -0.15) is 0 Å². The molecule has 0 spiro atoms. The lowest BCUT2D eigenvalue weighted by Crippen LogP contribution is -2.25. The number of amides is 1. The van der Waals surface area contributed by atoms with Crippen molar-refractivity contribution in [1.29, 1.82) is 0 Å². The zero-order chi connectivity index (χ0) is 11.3. The van der Waals surface area contributed by atoms with E-state index in [-0.39, 0.29) is 11.7 Å². The van der Waals surface area contributed by atoms with Gasteiger partial charge < -0.3 is 15.2 Å². The highest BCUT2D eigenvalue weighted by molar-refractivity contribution is 6.18. The highest BCUT2D eigenvalue weighted by atomic mass is 35.5. The first-order chi connectivity index (χ1) is 7.19. The van der Waals surface area contributed by atoms with Crippen LogP contribution in [0.2, 0.25) is 0 Å². The molecule has 0 radical (unpaired) electrons. The van der Waals surface area contributed by atoms with E-state index in [1.165, 1.54) is 19.2 Å². The number of alkyl halides is 1. The number of nitrogens with one attached hydrogen (secondary N) is 1. The molecule has 0 saturated heterocycles. The Morgan fingerprint density at radius 3 is 2.87 bits per heavy atom. The number of carbonyl (C=O) groups excluding carboxylic acids is 1. The van der Waals surface area contributed by atoms with Gasteiger partial charge in [0, 0.05) is 18.0 Å². The number of aromatic hydroxyl groups is 1. The summed E-state index contributed by atoms with van der Waals surface area (Å²) in [6.45, 7) is 0.396. The van der Waals surface area contributed by atoms with Crippen LogP contribution in [0.3, 0.4) is 0 Å². The number of carbonyl (C=O) groups is 1. The van der Waals surface area contributed by atoms with E-state index in [1.807, 2.05) is 0 Å². The van der Waals surface area contributed by atoms with Gasteiger partial charge in [0.25, 0.3) is 5.91 Å². The first kappa shape index (κ1) is 11.7. The van der Waals surface area contributed by atoms with Gasteiger partial charge in [-0.05, 0) is 18.2 Å². The van der Waals surface area contributed by atoms with E-state index in [0.29, 0.717) is 23.7 Å². The van der Waals surface area contributed by atoms with E-state index in [2.05, 4.69) is 5.32 Å². The zero-order valence-electron chi connectivity index (χ0n) is 8.29. The summed E-state index contributed by atoms with van der Waals surface area (Å²) in [5.74, 6) is 0.363. The Morgan fingerprint density at radius 1 is 1.60 bits per heavy atom. The van der Waals surface area contributed by atoms with Crippen molar-refractivity contribution in [2.24, 2.45) is 0 Å². The SMILES string of the molecule is COc1ccc(C(=O)NCCCl)cc1O. The van der Waals surface area contributed by atoms with E-state index in [1.54, 1.807) is 6.07 Å². The normalized spacial score (nSPS) is 9.73. The zero-order valence-corrected chi connectivity index (χ0v) is 9.04. The summed E-state index contributed by atoms with van der Waals surface area (Å²) in [4.78, 5) is 11.4. The number of halogens is 1. The molecule has 0 atom stereocenters. The Bertz CT molecular complexity index is 355. The number of phenolic OH excluding ortho intramolecular Hbond substituents is 1. The van der Waals surface area contributed by atoms with Gasteiger partial charge in [0.2, 0.25) is 0 Å². The standard InChI is InChI=1S/C10H12ClNO3/c1-15-9-3-2-7(6-8(9)13)10(14)12-5-4-11/h2-3,6,13H,4-5H2,1H3,(H,12,14). The topological polar surface area (TPSA) is 58.6 Å². The Balaban J connectivity index is 2.78. The third-order valence-electron chi connectivity index (χ3n) is 1.82. The van der Waals surface area contributed by atoms with Crippen LogP contribution in [0.15, 0.2) is 18.2 Å². The van der Waals surface area contributed by atoms with Crippen LogP contribution in [0.1, 0.15) is 10.4 Å². The van der Waals surface area contributed by atoms with Crippen LogP contribution < -0.4 is 10.1 Å². The Kier molecular flexibility index (Phi) is 4.24. The summed E-state index contributed by atoms with van der Waals surface area (Å²) in [5.41, 5.74) is 0.374. The van der Waals surface area contributed by atoms with Gasteiger partial charge in [-0.15, -0.1) is 11.6 Å². The van der Waals surface area contributed by atoms with E-state index in [9.17, 15) is 9.90 Å². The summed E-state index contributed by atoms with van der Waals surface area (Å²) >= 11 is 5.43. The van der Waals surface area contributed by atoms with E-state index < -0.39 is 0 Å². The number of benzene rings is 1. The number of ether oxygens (including phenoxy) is 1. The molecule has 1 amide bonds. The van der Waals surface area contributed by atoms with E-state index >= 15 is 0 Å². The van der Waals surface area contributed by atoms with Gasteiger partial charge in [0.05, 0.1) is 7.11 Å². The molecule has 1 aromatic rings. The summed E-state index contributed by atoms with van der Waals surface area (Å²) in [6.07, 6.45) is 0. The molecule has 0 aliphatic carbocycles. The number of hydrogen-bond donors (Lipinski definition) is 2. The number of phenols is 1. The summed E-state index contributed by atoms with van der Waals surface area (Å²) < 4.78 is 4.86. The van der Waals surface area contributed by atoms with Crippen LogP contribution in [-0.2, 0) is 0 Å². The minimum Gasteiger partial charge on any atom is -0.504 e. The molecule has 15 heavy (non-hydrogen) atoms. The fraction of sp³-hybridized carbons (Fsp3) is 0.300. The second-order valence-corrected chi connectivity index (χ2v) is 3.21. The van der Waals surface area contributed by atoms with Crippen molar-refractivity contribution >= 4 is 17.5 Å². The molecule has 0 heterocycles. The van der Waals surface area contributed by atoms with Gasteiger partial charge >= 0.3 is 0 Å². The maximum Gasteiger partial charge on any atom is 0.251 e. The van der Waals surface area contributed by atoms with E-state index in [0.717, 1.165) is 0 Å². The highest BCUT2D eigenvalue weighted by Gasteiger charge is 2.08. The molecule has 0 fully saturated rings. The first-order valence-electron chi connectivity index (χ1n) is 4.40. The number of methoxy groups -OCH3 is 1. The predicted molar refractivity (Wildman–Crippen MR) is 57.7 cm³/mol. The summed E-state index contributed by atoms with van der Waals surface area (Å²) in [5, 5.41) is 12.0. The Labute approximate surface area is 92.8 Å². The molecule has 0 saturated carbocycles. The van der Waals surface area contributed by atoms with Crippen molar-refractivity contribution in [2.45, 2.75) is 0 Å². The average Bonchev–Trinajstić information content (AvgIpc) is 2.25. The molecule has 0 aromatic heterocycles. The largest absolute Gasteiger partial charge is 0.504 e. The van der Waals surface area contributed by atoms with Gasteiger partial charge in [-0.1, -0.05) is 0 Å². The molecule has 5 heteroatoms. The van der Waals surface area contributed by atoms with Crippen LogP contribution in [-0.4, -0.2) is 30.5 Å². The van der Waals surface area contributed by atoms with Gasteiger partial charge in [0.15, 0.2) is 11.5 Å². The molecule has 0 aliphatic heterocycles. The lowest BCUT2D eigenvalue weighted by molar-refractivity contribution is 0.0955. The minimum absolute atomic E-state index is 0.0592. The number of rotatable bonds is 4. The highest BCUT2D eigenvalue weighted by Crippen LogP contribution is 2.25. The van der Waals surface area contributed by atoms with Crippen molar-refractivity contribution in [3.05, 3.63) is 23.8 Å². The maximum absolute atomic E-state index is 11.4. The van der Waals surface area contributed by atoms with Crippen molar-refractivity contribution in [1.82, 2.24) is 5.32 Å². The third kappa shape index (κ3) is 3.02. The molecule has 0 bridgehead atoms. The van der Waals surface area contributed by atoms with E-state index in [4.69, 9.17) is 16.3 Å². The maximum atomic E-state index is 11.4.